The third kappa shape index (κ3) is 3.38. The molecular formula is C23H24N2O3. The van der Waals surface area contributed by atoms with Gasteiger partial charge in [0, 0.05) is 31.1 Å². The Bertz CT molecular complexity index is 946. The summed E-state index contributed by atoms with van der Waals surface area (Å²) in [5, 5.41) is 0. The molecule has 5 rings (SSSR count). The Morgan fingerprint density at radius 2 is 1.82 bits per heavy atom. The van der Waals surface area contributed by atoms with Gasteiger partial charge in [-0.25, -0.2) is 4.98 Å². The molecule has 28 heavy (non-hydrogen) atoms. The highest BCUT2D eigenvalue weighted by molar-refractivity contribution is 5.62. The highest BCUT2D eigenvalue weighted by Gasteiger charge is 2.26. The van der Waals surface area contributed by atoms with E-state index in [2.05, 4.69) is 41.0 Å². The molecule has 0 radical (unpaired) electrons. The molecule has 1 atom stereocenters. The number of ether oxygens (including phenoxy) is 3. The Kier molecular flexibility index (Phi) is 4.75. The zero-order valence-corrected chi connectivity index (χ0v) is 15.8. The van der Waals surface area contributed by atoms with Crippen LogP contribution in [0.25, 0.3) is 11.3 Å². The summed E-state index contributed by atoms with van der Waals surface area (Å²) in [6, 6.07) is 16.6. The van der Waals surface area contributed by atoms with E-state index in [1.165, 1.54) is 11.3 Å². The largest absolute Gasteiger partial charge is 0.490 e. The van der Waals surface area contributed by atoms with Gasteiger partial charge in [0.1, 0.15) is 0 Å². The van der Waals surface area contributed by atoms with Crippen LogP contribution in [0.1, 0.15) is 30.0 Å². The summed E-state index contributed by atoms with van der Waals surface area (Å²) in [6.07, 6.45) is 3.91. The number of rotatable bonds is 4. The van der Waals surface area contributed by atoms with Crippen LogP contribution in [-0.2, 0) is 11.3 Å². The lowest BCUT2D eigenvalue weighted by Crippen LogP contribution is -2.10. The predicted octanol–water partition coefficient (Wildman–Crippen LogP) is 4.26. The van der Waals surface area contributed by atoms with Gasteiger partial charge in [-0.15, -0.1) is 0 Å². The van der Waals surface area contributed by atoms with E-state index in [0.717, 1.165) is 55.4 Å². The molecule has 144 valence electrons. The van der Waals surface area contributed by atoms with Crippen molar-refractivity contribution in [2.45, 2.75) is 25.3 Å². The molecule has 2 aromatic carbocycles. The quantitative estimate of drug-likeness (QED) is 0.682. The minimum absolute atomic E-state index is 0.373. The maximum absolute atomic E-state index is 5.86. The number of aromatic nitrogens is 2. The van der Waals surface area contributed by atoms with Crippen molar-refractivity contribution in [3.05, 3.63) is 66.1 Å². The van der Waals surface area contributed by atoms with E-state index in [4.69, 9.17) is 19.2 Å². The Morgan fingerprint density at radius 1 is 0.964 bits per heavy atom. The molecule has 5 nitrogen and oxygen atoms in total. The first-order valence-electron chi connectivity index (χ1n) is 9.95. The molecule has 2 aliphatic rings. The van der Waals surface area contributed by atoms with E-state index >= 15 is 0 Å². The number of fused-ring (bicyclic) bond motifs is 1. The van der Waals surface area contributed by atoms with Crippen molar-refractivity contribution in [3.63, 3.8) is 0 Å². The average Bonchev–Trinajstić information content (AvgIpc) is 3.33. The van der Waals surface area contributed by atoms with Crippen LogP contribution in [-0.4, -0.2) is 36.0 Å². The normalized spacial score (nSPS) is 18.8. The Balaban J connectivity index is 1.50. The van der Waals surface area contributed by atoms with E-state index in [1.54, 1.807) is 0 Å². The molecule has 3 heterocycles. The minimum Gasteiger partial charge on any atom is -0.490 e. The topological polar surface area (TPSA) is 45.5 Å². The zero-order valence-electron chi connectivity index (χ0n) is 15.8. The molecule has 0 N–H and O–H groups in total. The van der Waals surface area contributed by atoms with Crippen LogP contribution in [0.5, 0.6) is 11.5 Å². The lowest BCUT2D eigenvalue weighted by atomic mass is 9.99. The fourth-order valence-corrected chi connectivity index (χ4v) is 4.02. The second kappa shape index (κ2) is 7.68. The van der Waals surface area contributed by atoms with Crippen molar-refractivity contribution < 1.29 is 14.2 Å². The highest BCUT2D eigenvalue weighted by Crippen LogP contribution is 2.35. The van der Waals surface area contributed by atoms with Crippen LogP contribution in [0.15, 0.2) is 54.9 Å². The van der Waals surface area contributed by atoms with Crippen LogP contribution in [0, 0.1) is 0 Å². The van der Waals surface area contributed by atoms with Gasteiger partial charge < -0.3 is 18.8 Å². The molecule has 0 aliphatic carbocycles. The van der Waals surface area contributed by atoms with Gasteiger partial charge in [-0.05, 0) is 24.1 Å². The second-order valence-electron chi connectivity index (χ2n) is 7.36. The summed E-state index contributed by atoms with van der Waals surface area (Å²) < 4.78 is 19.6. The molecule has 0 bridgehead atoms. The van der Waals surface area contributed by atoms with Gasteiger partial charge in [0.2, 0.25) is 0 Å². The van der Waals surface area contributed by atoms with Crippen molar-refractivity contribution in [1.82, 2.24) is 9.55 Å². The van der Waals surface area contributed by atoms with Gasteiger partial charge in [0.25, 0.3) is 0 Å². The molecule has 0 amide bonds. The van der Waals surface area contributed by atoms with Gasteiger partial charge in [-0.3, -0.25) is 0 Å². The molecule has 5 heteroatoms. The smallest absolute Gasteiger partial charge is 0.161 e. The van der Waals surface area contributed by atoms with Crippen molar-refractivity contribution >= 4 is 0 Å². The molecule has 3 aromatic rings. The lowest BCUT2D eigenvalue weighted by Gasteiger charge is -2.16. The van der Waals surface area contributed by atoms with Crippen LogP contribution < -0.4 is 9.47 Å². The molecule has 0 unspecified atom stereocenters. The predicted molar refractivity (Wildman–Crippen MR) is 107 cm³/mol. The number of hydrogen-bond donors (Lipinski definition) is 0. The van der Waals surface area contributed by atoms with Crippen LogP contribution in [0.2, 0.25) is 0 Å². The van der Waals surface area contributed by atoms with E-state index in [-0.39, 0.29) is 0 Å². The van der Waals surface area contributed by atoms with Gasteiger partial charge >= 0.3 is 0 Å². The zero-order chi connectivity index (χ0) is 18.8. The lowest BCUT2D eigenvalue weighted by molar-refractivity contribution is 0.193. The van der Waals surface area contributed by atoms with Gasteiger partial charge in [-0.1, -0.05) is 36.4 Å². The molecule has 2 aliphatic heterocycles. The summed E-state index contributed by atoms with van der Waals surface area (Å²) in [6.45, 7) is 3.73. The molecule has 0 saturated carbocycles. The van der Waals surface area contributed by atoms with E-state index < -0.39 is 0 Å². The van der Waals surface area contributed by atoms with Crippen molar-refractivity contribution in [3.8, 4) is 22.8 Å². The average molecular weight is 376 g/mol. The van der Waals surface area contributed by atoms with E-state index in [9.17, 15) is 0 Å². The van der Waals surface area contributed by atoms with Gasteiger partial charge in [-0.2, -0.15) is 0 Å². The van der Waals surface area contributed by atoms with Crippen LogP contribution in [0.3, 0.4) is 0 Å². The monoisotopic (exact) mass is 376 g/mol. The third-order valence-electron chi connectivity index (χ3n) is 5.41. The number of imidazole rings is 1. The molecule has 1 aromatic heterocycles. The van der Waals surface area contributed by atoms with Crippen LogP contribution >= 0.6 is 0 Å². The van der Waals surface area contributed by atoms with Crippen LogP contribution in [0.4, 0.5) is 0 Å². The molecule has 1 saturated heterocycles. The standard InChI is InChI=1S/C23H24N2O3/c1-2-5-18(6-3-1)22-23(19-9-12-26-15-19)25(16-24-22)14-17-7-8-20-21(13-17)28-11-4-10-27-20/h1-3,5-8,13,16,19H,4,9-12,14-15H2/t19-/m1/s1. The maximum Gasteiger partial charge on any atom is 0.161 e. The van der Waals surface area contributed by atoms with Crippen molar-refractivity contribution in [2.75, 3.05) is 26.4 Å². The van der Waals surface area contributed by atoms with Gasteiger partial charge in [0.15, 0.2) is 11.5 Å². The first-order chi connectivity index (χ1) is 13.9. The van der Waals surface area contributed by atoms with E-state index in [1.807, 2.05) is 18.5 Å². The molecular weight excluding hydrogens is 352 g/mol. The number of benzene rings is 2. The Morgan fingerprint density at radius 3 is 2.64 bits per heavy atom. The number of hydrogen-bond acceptors (Lipinski definition) is 4. The Hall–Kier alpha value is -2.79. The summed E-state index contributed by atoms with van der Waals surface area (Å²) >= 11 is 0. The van der Waals surface area contributed by atoms with E-state index in [0.29, 0.717) is 19.1 Å². The van der Waals surface area contributed by atoms with Crippen molar-refractivity contribution in [1.29, 1.82) is 0 Å². The SMILES string of the molecule is c1ccc(-c2ncn(Cc3ccc4c(c3)OCCCO4)c2[C@@H]2CCOC2)cc1. The fraction of sp³-hybridized carbons (Fsp3) is 0.348. The fourth-order valence-electron chi connectivity index (χ4n) is 4.02. The maximum atomic E-state index is 5.86. The molecule has 1 fully saturated rings. The third-order valence-corrected chi connectivity index (χ3v) is 5.41. The Labute approximate surface area is 164 Å². The second-order valence-corrected chi connectivity index (χ2v) is 7.36. The molecule has 0 spiro atoms. The summed E-state index contributed by atoms with van der Waals surface area (Å²) in [4.78, 5) is 4.78. The first kappa shape index (κ1) is 17.3. The summed E-state index contributed by atoms with van der Waals surface area (Å²) in [7, 11) is 0. The van der Waals surface area contributed by atoms with Gasteiger partial charge in [0.05, 0.1) is 37.5 Å². The summed E-state index contributed by atoms with van der Waals surface area (Å²) in [5.74, 6) is 2.04. The first-order valence-corrected chi connectivity index (χ1v) is 9.95. The van der Waals surface area contributed by atoms with Crippen molar-refractivity contribution in [2.24, 2.45) is 0 Å². The summed E-state index contributed by atoms with van der Waals surface area (Å²) in [5.41, 5.74) is 4.66. The number of nitrogens with zero attached hydrogens (tertiary/aromatic N) is 2. The minimum atomic E-state index is 0.373. The highest BCUT2D eigenvalue weighted by atomic mass is 16.5.